The number of thiol groups is 1. The molecule has 0 bridgehead atoms. The highest BCUT2D eigenvalue weighted by molar-refractivity contribution is 14.2. The summed E-state index contributed by atoms with van der Waals surface area (Å²) in [6.07, 6.45) is -1.71. The van der Waals surface area contributed by atoms with Crippen LogP contribution in [-0.4, -0.2) is 112 Å². The number of aliphatic hydroxyl groups excluding tert-OH is 2. The maximum absolute atomic E-state index is 15.3. The minimum Gasteiger partial charge on any atom is -0.394 e. The van der Waals surface area contributed by atoms with Crippen molar-refractivity contribution in [2.45, 2.75) is 49.2 Å². The molecule has 4 N–H and O–H groups in total. The molecule has 6 heterocycles. The van der Waals surface area contributed by atoms with Gasteiger partial charge in [-0.3, -0.25) is 9.13 Å². The number of anilines is 2. The Morgan fingerprint density at radius 2 is 1.29 bits per heavy atom. The van der Waals surface area contributed by atoms with E-state index in [-0.39, 0.29) is 11.3 Å². The van der Waals surface area contributed by atoms with Crippen LogP contribution in [0.25, 0.3) is 22.3 Å². The molecule has 18 nitrogen and oxygen atoms in total. The Hall–Kier alpha value is -2.66. The van der Waals surface area contributed by atoms with Crippen LogP contribution in [0.15, 0.2) is 37.5 Å². The number of alkyl halides is 2. The van der Waals surface area contributed by atoms with E-state index in [0.717, 1.165) is 0 Å². The predicted octanol–water partition coefficient (Wildman–Crippen LogP) is 2.95. The van der Waals surface area contributed by atoms with Crippen LogP contribution >= 0.6 is 47.2 Å². The van der Waals surface area contributed by atoms with Crippen LogP contribution in [0.2, 0.25) is 0 Å². The molecule has 24 heteroatoms. The van der Waals surface area contributed by atoms with Crippen LogP contribution in [0.1, 0.15) is 12.5 Å². The number of hydrogen-bond donors (Lipinski definition) is 5. The fraction of sp³-hybridized carbons (Fsp3) is 0.500. The Morgan fingerprint density at radius 1 is 0.833 bits per heavy atom. The largest absolute Gasteiger partial charge is 0.582 e. The summed E-state index contributed by atoms with van der Waals surface area (Å²) in [5.41, 5.74) is -0.912. The molecule has 0 spiro atoms. The molecular formula is C24H27F2IN10O8P2S+2. The highest BCUT2D eigenvalue weighted by Crippen LogP contribution is 2.43. The molecule has 0 aliphatic carbocycles. The van der Waals surface area contributed by atoms with Gasteiger partial charge < -0.3 is 30.3 Å². The Bertz CT molecular complexity index is 1700. The second kappa shape index (κ2) is 15.5. The van der Waals surface area contributed by atoms with Crippen molar-refractivity contribution >= 4 is 81.2 Å². The third kappa shape index (κ3) is 7.14. The summed E-state index contributed by atoms with van der Waals surface area (Å²) in [7, 11) is -2.43. The van der Waals surface area contributed by atoms with Crippen LogP contribution in [0.3, 0.4) is 0 Å². The Balaban J connectivity index is 1.07. The topological polar surface area (TPSA) is 223 Å². The standard InChI is InChI=1S/C24H26F2IN10O8P2S/c25-13-17(44-46(27)40)11(5-38)42-23(13)36-9-34-15-19(30-7-32-21(15)36)28-3-1-2-4-29-20-16-22(33-8-31-20)37(10-35-16)24-14(26)18(45-47(41)48)12(6-39)43-24/h1-2,7-14,17-18,23-24,38-39H,3-6H2,(H2-,28,29,30,31,32,33,41,48)/q+1/p+1/b2-1+/t11-,12-,13-,14-,17-,18-,23-,24-/m1/s1. The average Bonchev–Trinajstić information content (AvgIpc) is 3.83. The van der Waals surface area contributed by atoms with Crippen LogP contribution < -0.4 is 10.6 Å². The number of imidazole rings is 2. The van der Waals surface area contributed by atoms with Crippen LogP contribution in [0.5, 0.6) is 0 Å². The first-order valence-corrected chi connectivity index (χ1v) is 20.4. The summed E-state index contributed by atoms with van der Waals surface area (Å²) in [5, 5.41) is 25.5. The SMILES string of the molecule is O=[P+](S)O[C@H]1[C@@H](F)[C@H](n2cnc3c(NC/C=C/CNc4ncnc5c4ncn5[C@@H]4O[C@H](CO)[C@@H](O[P+](=O)I)[C@H]4F)ncnc32)O[C@@H]1CO. The minimum absolute atomic E-state index is 0.267. The first-order chi connectivity index (χ1) is 23.2. The zero-order valence-corrected chi connectivity index (χ0v) is 29.1. The molecule has 0 amide bonds. The monoisotopic (exact) mass is 842 g/mol. The summed E-state index contributed by atoms with van der Waals surface area (Å²) < 4.78 is 77.7. The molecule has 256 valence electrons. The van der Waals surface area contributed by atoms with Crippen molar-refractivity contribution in [3.05, 3.63) is 37.5 Å². The predicted molar refractivity (Wildman–Crippen MR) is 177 cm³/mol. The van der Waals surface area contributed by atoms with Gasteiger partial charge in [-0.15, -0.1) is 9.05 Å². The summed E-state index contributed by atoms with van der Waals surface area (Å²) in [5.74, 6) is 0.756. The summed E-state index contributed by atoms with van der Waals surface area (Å²) in [4.78, 5) is 25.5. The van der Waals surface area contributed by atoms with Crippen LogP contribution in [0, 0.1) is 0 Å². The van der Waals surface area contributed by atoms with Gasteiger partial charge in [-0.25, -0.2) is 38.7 Å². The quantitative estimate of drug-likeness (QED) is 0.0533. The van der Waals surface area contributed by atoms with Gasteiger partial charge in [-0.05, 0) is 9.13 Å². The summed E-state index contributed by atoms with van der Waals surface area (Å²) in [6, 6.07) is 0. The molecule has 0 radical (unpaired) electrons. The van der Waals surface area contributed by atoms with Gasteiger partial charge in [0.15, 0.2) is 71.0 Å². The third-order valence-electron chi connectivity index (χ3n) is 7.52. The lowest BCUT2D eigenvalue weighted by molar-refractivity contribution is -0.0427. The lowest BCUT2D eigenvalue weighted by Crippen LogP contribution is -2.31. The molecule has 0 saturated carbocycles. The summed E-state index contributed by atoms with van der Waals surface area (Å²) in [6.45, 7) is -0.427. The molecule has 6 rings (SSSR count). The van der Waals surface area contributed by atoms with Gasteiger partial charge in [-0.2, -0.15) is 0 Å². The average molecular weight is 842 g/mol. The first kappa shape index (κ1) is 35.2. The molecule has 4 aromatic heterocycles. The molecule has 2 unspecified atom stereocenters. The first-order valence-electron chi connectivity index (χ1n) is 14.1. The zero-order valence-electron chi connectivity index (χ0n) is 24.3. The normalized spacial score (nSPS) is 28.1. The van der Waals surface area contributed by atoms with Crippen molar-refractivity contribution in [3.8, 4) is 0 Å². The molecule has 2 fully saturated rings. The molecule has 10 atom stereocenters. The van der Waals surface area contributed by atoms with Crippen molar-refractivity contribution in [2.24, 2.45) is 0 Å². The van der Waals surface area contributed by atoms with Crippen LogP contribution in [0.4, 0.5) is 20.4 Å². The van der Waals surface area contributed by atoms with Crippen molar-refractivity contribution in [1.29, 1.82) is 0 Å². The van der Waals surface area contributed by atoms with Gasteiger partial charge in [0.1, 0.15) is 37.1 Å². The van der Waals surface area contributed by atoms with E-state index in [1.165, 1.54) is 56.5 Å². The fourth-order valence-electron chi connectivity index (χ4n) is 5.39. The van der Waals surface area contributed by atoms with E-state index in [2.05, 4.69) is 52.8 Å². The Morgan fingerprint density at radius 3 is 1.71 bits per heavy atom. The number of hydrogen-bond acceptors (Lipinski definition) is 16. The Kier molecular flexibility index (Phi) is 11.3. The maximum Gasteiger partial charge on any atom is 0.582 e. The molecule has 0 aromatic carbocycles. The van der Waals surface area contributed by atoms with Crippen molar-refractivity contribution in [2.75, 3.05) is 36.9 Å². The number of aliphatic hydroxyl groups is 2. The summed E-state index contributed by atoms with van der Waals surface area (Å²) >= 11 is 5.20. The van der Waals surface area contributed by atoms with E-state index < -0.39 is 75.3 Å². The smallest absolute Gasteiger partial charge is 0.394 e. The molecule has 2 aliphatic heterocycles. The van der Waals surface area contributed by atoms with Gasteiger partial charge in [0, 0.05) is 13.1 Å². The number of nitrogens with one attached hydrogen (secondary N) is 2. The van der Waals surface area contributed by atoms with Crippen LogP contribution in [-0.2, 0) is 27.7 Å². The molecule has 48 heavy (non-hydrogen) atoms. The second-order valence-corrected chi connectivity index (χ2v) is 15.0. The molecule has 4 aromatic rings. The highest BCUT2D eigenvalue weighted by atomic mass is 127. The van der Waals surface area contributed by atoms with Gasteiger partial charge >= 0.3 is 34.9 Å². The number of ether oxygens (including phenoxy) is 2. The van der Waals surface area contributed by atoms with Crippen molar-refractivity contribution in [3.63, 3.8) is 0 Å². The highest BCUT2D eigenvalue weighted by Gasteiger charge is 2.52. The Labute approximate surface area is 289 Å². The van der Waals surface area contributed by atoms with E-state index >= 15 is 8.78 Å². The lowest BCUT2D eigenvalue weighted by atomic mass is 10.1. The number of aromatic nitrogens is 8. The van der Waals surface area contributed by atoms with Gasteiger partial charge in [0.2, 0.25) is 0 Å². The van der Waals surface area contributed by atoms with E-state index in [9.17, 15) is 19.3 Å². The van der Waals surface area contributed by atoms with Gasteiger partial charge in [-0.1, -0.05) is 12.2 Å². The number of halogens is 3. The minimum atomic E-state index is -2.43. The number of nitrogens with zero attached hydrogens (tertiary/aromatic N) is 8. The molecule has 2 aliphatic rings. The van der Waals surface area contributed by atoms with E-state index in [1.807, 2.05) is 12.2 Å². The van der Waals surface area contributed by atoms with Gasteiger partial charge in [0.25, 0.3) is 0 Å². The van der Waals surface area contributed by atoms with Gasteiger partial charge in [0.05, 0.1) is 25.9 Å². The molecule has 2 saturated heterocycles. The fourth-order valence-corrected chi connectivity index (χ4v) is 7.41. The second-order valence-electron chi connectivity index (χ2n) is 10.3. The number of rotatable bonds is 14. The van der Waals surface area contributed by atoms with E-state index in [1.54, 1.807) is 0 Å². The third-order valence-corrected chi connectivity index (χ3v) is 9.32. The molecular weight excluding hydrogens is 815 g/mol. The lowest BCUT2D eigenvalue weighted by Gasteiger charge is -2.15. The number of fused-ring (bicyclic) bond motifs is 2. The van der Waals surface area contributed by atoms with E-state index in [4.69, 9.17) is 18.5 Å². The maximum atomic E-state index is 15.3. The van der Waals surface area contributed by atoms with Crippen molar-refractivity contribution < 1.29 is 46.6 Å². The van der Waals surface area contributed by atoms with Crippen molar-refractivity contribution in [1.82, 2.24) is 39.0 Å². The van der Waals surface area contributed by atoms with E-state index in [0.29, 0.717) is 35.8 Å². The zero-order chi connectivity index (χ0) is 33.9.